The van der Waals surface area contributed by atoms with Crippen LogP contribution in [0.5, 0.6) is 0 Å². The Balaban J connectivity index is -0.000000144. The molecule has 15 nitrogen and oxygen atoms in total. The molecule has 3 aromatic carbocycles. The van der Waals surface area contributed by atoms with Gasteiger partial charge in [-0.25, -0.2) is 0 Å². The fraction of sp³-hybridized carbons (Fsp3) is 0. The van der Waals surface area contributed by atoms with Crippen LogP contribution in [0.3, 0.4) is 0 Å². The van der Waals surface area contributed by atoms with Crippen molar-refractivity contribution >= 4 is 65.4 Å². The van der Waals surface area contributed by atoms with Crippen LogP contribution in [0.2, 0.25) is 0 Å². The maximum absolute atomic E-state index is 4.35. The van der Waals surface area contributed by atoms with Crippen molar-refractivity contribution in [3.63, 3.8) is 0 Å². The van der Waals surface area contributed by atoms with Crippen LogP contribution < -0.4 is 0 Å². The smallest absolute Gasteiger partial charge is 2.00 e. The van der Waals surface area contributed by atoms with Crippen molar-refractivity contribution in [2.75, 3.05) is 0 Å². The van der Waals surface area contributed by atoms with E-state index in [2.05, 4.69) is 103 Å². The van der Waals surface area contributed by atoms with Crippen molar-refractivity contribution in [2.24, 2.45) is 0 Å². The summed E-state index contributed by atoms with van der Waals surface area (Å²) >= 11 is 0. The largest absolute Gasteiger partial charge is 3.00 e. The predicted octanol–water partition coefficient (Wildman–Crippen LogP) is 6.57. The van der Waals surface area contributed by atoms with Gasteiger partial charge in [0.25, 0.3) is 0 Å². The number of nitrogens with zero attached hydrogens (tertiary/aromatic N) is 6. The standard InChI is InChI=1S/3C12H8N2.Co.H2O.8O.2Re/c3*1-3-9-5-6-10-4-2-8-14-12(10)11(9)13-7-1;;;;;;;;;;;;/h3*1-8H;;1H2;;;;;;;;;;/q;;;+3;;8*-2;;. The molecule has 0 aliphatic rings. The van der Waals surface area contributed by atoms with Crippen LogP contribution in [-0.4, -0.2) is 35.4 Å². The Kier molecular flexibility index (Phi) is 33.1. The zero-order valence-corrected chi connectivity index (χ0v) is 33.9. The second-order valence-electron chi connectivity index (χ2n) is 9.65. The van der Waals surface area contributed by atoms with Crippen molar-refractivity contribution in [3.8, 4) is 0 Å². The molecule has 0 saturated heterocycles. The second kappa shape index (κ2) is 29.0. The van der Waals surface area contributed by atoms with Crippen LogP contribution in [0.1, 0.15) is 0 Å². The summed E-state index contributed by atoms with van der Waals surface area (Å²) in [5, 5.41) is 6.83. The molecule has 9 aromatic rings. The monoisotopic (exact) mass is 1120 g/mol. The van der Waals surface area contributed by atoms with Crippen molar-refractivity contribution in [2.45, 2.75) is 0 Å². The van der Waals surface area contributed by atoms with Crippen LogP contribution in [0.15, 0.2) is 146 Å². The van der Waals surface area contributed by atoms with Crippen molar-refractivity contribution in [3.05, 3.63) is 146 Å². The molecule has 6 heterocycles. The molecule has 0 aliphatic carbocycles. The van der Waals surface area contributed by atoms with Gasteiger partial charge in [-0.2, -0.15) is 0 Å². The van der Waals surface area contributed by atoms with Crippen LogP contribution in [0, 0.1) is 0 Å². The number of rotatable bonds is 0. The minimum absolute atomic E-state index is 0. The summed E-state index contributed by atoms with van der Waals surface area (Å²) in [6, 6.07) is 36.4. The quantitative estimate of drug-likeness (QED) is 0.151. The summed E-state index contributed by atoms with van der Waals surface area (Å²) in [6.07, 6.45) is 10.8. The average Bonchev–Trinajstić information content (AvgIpc) is 3.09. The van der Waals surface area contributed by atoms with E-state index in [4.69, 9.17) is 0 Å². The van der Waals surface area contributed by atoms with Crippen molar-refractivity contribution in [1.82, 2.24) is 29.9 Å². The van der Waals surface area contributed by atoms with Crippen LogP contribution in [0.4, 0.5) is 0 Å². The van der Waals surface area contributed by atoms with Gasteiger partial charge >= 0.3 is 16.8 Å². The van der Waals surface area contributed by atoms with E-state index in [9.17, 15) is 0 Å². The first kappa shape index (κ1) is 61.6. The molecule has 9 rings (SSSR count). The second-order valence-corrected chi connectivity index (χ2v) is 9.65. The summed E-state index contributed by atoms with van der Waals surface area (Å²) in [6.45, 7) is 0. The van der Waals surface area contributed by atoms with E-state index >= 15 is 0 Å². The third kappa shape index (κ3) is 13.2. The first-order valence-corrected chi connectivity index (χ1v) is 13.6. The number of benzene rings is 3. The number of fused-ring (bicyclic) bond motifs is 9. The topological polar surface area (TPSA) is 337 Å². The molecule has 2 radical (unpaired) electrons. The number of hydrogen-bond donors (Lipinski definition) is 0. The van der Waals surface area contributed by atoms with Crippen LogP contribution >= 0.6 is 0 Å². The molecule has 0 fully saturated rings. The molecule has 54 heavy (non-hydrogen) atoms. The molecule has 18 heteroatoms. The summed E-state index contributed by atoms with van der Waals surface area (Å²) in [5.74, 6) is 0. The maximum atomic E-state index is 4.35. The molecule has 0 bridgehead atoms. The molecule has 0 saturated carbocycles. The fourth-order valence-electron chi connectivity index (χ4n) is 5.04. The molecule has 0 aliphatic heterocycles. The molecular formula is C36H26CoN6O9Re2-13. The third-order valence-corrected chi connectivity index (χ3v) is 7.03. The van der Waals surface area contributed by atoms with Gasteiger partial charge in [0.05, 0.1) is 33.1 Å². The van der Waals surface area contributed by atoms with Gasteiger partial charge in [-0.1, -0.05) is 72.8 Å². The van der Waals surface area contributed by atoms with Gasteiger partial charge in [-0.3, -0.25) is 29.9 Å². The summed E-state index contributed by atoms with van der Waals surface area (Å²) in [4.78, 5) is 26.1. The van der Waals surface area contributed by atoms with E-state index in [1.54, 1.807) is 37.2 Å². The zero-order valence-electron chi connectivity index (χ0n) is 27.4. The summed E-state index contributed by atoms with van der Waals surface area (Å²) < 4.78 is 0. The van der Waals surface area contributed by atoms with Crippen LogP contribution in [-0.2, 0) is 101 Å². The average molecular weight is 1120 g/mol. The SMILES string of the molecule is O.[Co+3].[O-2].[O-2].[O-2].[O-2].[O-2].[O-2].[O-2].[O-2].[Re].[Re].c1cnc2c(c1)ccc1cccnc12.c1cnc2c(c1)ccc1cccnc12.c1cnc2c(c1)ccc1cccnc12. The van der Waals surface area contributed by atoms with Crippen molar-refractivity contribution in [1.29, 1.82) is 0 Å². The predicted molar refractivity (Wildman–Crippen MR) is 180 cm³/mol. The van der Waals surface area contributed by atoms with E-state index in [1.165, 1.54) is 0 Å². The Labute approximate surface area is 346 Å². The van der Waals surface area contributed by atoms with Gasteiger partial charge in [-0.15, -0.1) is 0 Å². The first-order chi connectivity index (χ1) is 20.8. The Hall–Kier alpha value is -4.41. The summed E-state index contributed by atoms with van der Waals surface area (Å²) in [5.41, 5.74) is 5.86. The third-order valence-electron chi connectivity index (χ3n) is 7.03. The van der Waals surface area contributed by atoms with E-state index in [0.29, 0.717) is 0 Å². The maximum Gasteiger partial charge on any atom is 3.00 e. The molecule has 0 amide bonds. The Morgan fingerprint density at radius 1 is 0.241 bits per heavy atom. The zero-order chi connectivity index (χ0) is 28.1. The molecule has 0 atom stereocenters. The molecule has 2 N–H and O–H groups in total. The molecule has 290 valence electrons. The minimum Gasteiger partial charge on any atom is -2.00 e. The van der Waals surface area contributed by atoms with Gasteiger partial charge in [-0.05, 0) is 36.4 Å². The van der Waals surface area contributed by atoms with E-state index in [1.807, 2.05) is 36.4 Å². The van der Waals surface area contributed by atoms with Gasteiger partial charge in [0, 0.05) is 110 Å². The molecule has 6 aromatic heterocycles. The fourth-order valence-corrected chi connectivity index (χ4v) is 5.04. The van der Waals surface area contributed by atoms with Gasteiger partial charge in [0.15, 0.2) is 0 Å². The van der Waals surface area contributed by atoms with Crippen LogP contribution in [0.25, 0.3) is 65.4 Å². The number of aromatic nitrogens is 6. The van der Waals surface area contributed by atoms with Crippen molar-refractivity contribution < 1.29 is 107 Å². The normalized spacial score (nSPS) is 8.44. The van der Waals surface area contributed by atoms with Gasteiger partial charge in [0.2, 0.25) is 0 Å². The van der Waals surface area contributed by atoms with E-state index < -0.39 is 0 Å². The number of pyridine rings is 6. The summed E-state index contributed by atoms with van der Waals surface area (Å²) in [7, 11) is 0. The molecular weight excluding hydrogens is 1090 g/mol. The van der Waals surface area contributed by atoms with E-state index in [-0.39, 0.29) is 107 Å². The molecule has 0 unspecified atom stereocenters. The Morgan fingerprint density at radius 2 is 0.370 bits per heavy atom. The minimum atomic E-state index is 0. The van der Waals surface area contributed by atoms with Gasteiger partial charge in [0.1, 0.15) is 0 Å². The van der Waals surface area contributed by atoms with E-state index in [0.717, 1.165) is 65.4 Å². The van der Waals surface area contributed by atoms with Gasteiger partial charge < -0.3 is 49.3 Å². The molecule has 0 spiro atoms. The Morgan fingerprint density at radius 3 is 0.500 bits per heavy atom. The number of hydrogen-bond acceptors (Lipinski definition) is 6. The first-order valence-electron chi connectivity index (χ1n) is 13.6. The Bertz CT molecular complexity index is 1960.